The Morgan fingerprint density at radius 1 is 0.826 bits per heavy atom. The van der Waals surface area contributed by atoms with Gasteiger partial charge < -0.3 is 0 Å². The standard InChI is InChI=1S/C13H6F7NO2/c14-7-3-6(11(12(15,16)17)13(18,19)20)4-8(5-7)21-9(22)1-2-10(21)23/h1-5,11H. The second-order valence-electron chi connectivity index (χ2n) is 4.60. The number of nitrogens with zero attached hydrogens (tertiary/aromatic N) is 1. The first-order valence-electron chi connectivity index (χ1n) is 5.91. The summed E-state index contributed by atoms with van der Waals surface area (Å²) in [5, 5.41) is 0. The minimum Gasteiger partial charge on any atom is -0.269 e. The van der Waals surface area contributed by atoms with Crippen LogP contribution in [0.3, 0.4) is 0 Å². The van der Waals surface area contributed by atoms with E-state index in [0.29, 0.717) is 12.1 Å². The second-order valence-corrected chi connectivity index (χ2v) is 4.60. The Hall–Kier alpha value is -2.39. The van der Waals surface area contributed by atoms with Crippen molar-refractivity contribution in [2.24, 2.45) is 0 Å². The van der Waals surface area contributed by atoms with Gasteiger partial charge in [0.05, 0.1) is 5.69 Å². The van der Waals surface area contributed by atoms with Gasteiger partial charge in [0, 0.05) is 12.2 Å². The smallest absolute Gasteiger partial charge is 0.269 e. The molecule has 0 fully saturated rings. The molecule has 0 N–H and O–H groups in total. The minimum atomic E-state index is -5.72. The molecule has 0 unspecified atom stereocenters. The van der Waals surface area contributed by atoms with Crippen LogP contribution in [0.15, 0.2) is 30.4 Å². The number of carbonyl (C=O) groups excluding carboxylic acids is 2. The molecule has 1 heterocycles. The zero-order chi connectivity index (χ0) is 17.6. The highest BCUT2D eigenvalue weighted by molar-refractivity contribution is 6.28. The summed E-state index contributed by atoms with van der Waals surface area (Å²) >= 11 is 0. The Kier molecular flexibility index (Phi) is 3.95. The highest BCUT2D eigenvalue weighted by atomic mass is 19.4. The summed E-state index contributed by atoms with van der Waals surface area (Å²) in [5.41, 5.74) is -2.16. The number of halogens is 7. The van der Waals surface area contributed by atoms with Crippen LogP contribution >= 0.6 is 0 Å². The van der Waals surface area contributed by atoms with Crippen molar-refractivity contribution in [3.8, 4) is 0 Å². The zero-order valence-corrected chi connectivity index (χ0v) is 10.9. The maximum absolute atomic E-state index is 13.5. The maximum Gasteiger partial charge on any atom is 0.404 e. The zero-order valence-electron chi connectivity index (χ0n) is 10.9. The highest BCUT2D eigenvalue weighted by Gasteiger charge is 2.57. The van der Waals surface area contributed by atoms with Gasteiger partial charge in [0.1, 0.15) is 5.82 Å². The molecule has 0 aliphatic carbocycles. The fourth-order valence-corrected chi connectivity index (χ4v) is 2.11. The fourth-order valence-electron chi connectivity index (χ4n) is 2.11. The van der Waals surface area contributed by atoms with E-state index in [9.17, 15) is 40.3 Å². The summed E-state index contributed by atoms with van der Waals surface area (Å²) in [7, 11) is 0. The molecule has 0 bridgehead atoms. The van der Waals surface area contributed by atoms with Gasteiger partial charge in [-0.1, -0.05) is 0 Å². The van der Waals surface area contributed by atoms with Crippen LogP contribution in [-0.2, 0) is 9.59 Å². The number of benzene rings is 1. The van der Waals surface area contributed by atoms with E-state index in [1.54, 1.807) is 0 Å². The topological polar surface area (TPSA) is 37.4 Å². The molecule has 2 amide bonds. The van der Waals surface area contributed by atoms with Crippen LogP contribution in [0.4, 0.5) is 36.4 Å². The molecule has 0 saturated carbocycles. The van der Waals surface area contributed by atoms with E-state index in [2.05, 4.69) is 0 Å². The summed E-state index contributed by atoms with van der Waals surface area (Å²) in [6.07, 6.45) is -9.92. The third-order valence-corrected chi connectivity index (χ3v) is 2.96. The molecule has 3 nitrogen and oxygen atoms in total. The van der Waals surface area contributed by atoms with Crippen LogP contribution in [0, 0.1) is 5.82 Å². The van der Waals surface area contributed by atoms with Crippen LogP contribution in [0.5, 0.6) is 0 Å². The summed E-state index contributed by atoms with van der Waals surface area (Å²) in [6, 6.07) is 0.876. The van der Waals surface area contributed by atoms with Gasteiger partial charge >= 0.3 is 12.4 Å². The molecule has 2 rings (SSSR count). The third-order valence-electron chi connectivity index (χ3n) is 2.96. The van der Waals surface area contributed by atoms with Gasteiger partial charge in [0.15, 0.2) is 5.92 Å². The highest BCUT2D eigenvalue weighted by Crippen LogP contribution is 2.47. The van der Waals surface area contributed by atoms with Crippen LogP contribution in [0.25, 0.3) is 0 Å². The molecule has 124 valence electrons. The van der Waals surface area contributed by atoms with Crippen molar-refractivity contribution in [3.63, 3.8) is 0 Å². The Balaban J connectivity index is 2.56. The van der Waals surface area contributed by atoms with Crippen molar-refractivity contribution in [2.45, 2.75) is 18.3 Å². The SMILES string of the molecule is O=C1C=CC(=O)N1c1cc(F)cc(C(C(F)(F)F)C(F)(F)F)c1. The molecular formula is C13H6F7NO2. The van der Waals surface area contributed by atoms with E-state index in [4.69, 9.17) is 0 Å². The van der Waals surface area contributed by atoms with Crippen LogP contribution in [-0.4, -0.2) is 24.2 Å². The van der Waals surface area contributed by atoms with E-state index in [1.807, 2.05) is 0 Å². The summed E-state index contributed by atoms with van der Waals surface area (Å²) in [4.78, 5) is 23.1. The van der Waals surface area contributed by atoms with Crippen LogP contribution < -0.4 is 4.90 Å². The van der Waals surface area contributed by atoms with Crippen molar-refractivity contribution in [1.82, 2.24) is 0 Å². The Morgan fingerprint density at radius 2 is 1.30 bits per heavy atom. The van der Waals surface area contributed by atoms with Gasteiger partial charge in [-0.3, -0.25) is 9.59 Å². The largest absolute Gasteiger partial charge is 0.404 e. The van der Waals surface area contributed by atoms with Gasteiger partial charge in [-0.25, -0.2) is 9.29 Å². The van der Waals surface area contributed by atoms with Crippen LogP contribution in [0.2, 0.25) is 0 Å². The first kappa shape index (κ1) is 17.0. The van der Waals surface area contributed by atoms with Crippen molar-refractivity contribution in [3.05, 3.63) is 41.7 Å². The normalized spacial score (nSPS) is 15.9. The second kappa shape index (κ2) is 5.36. The predicted octanol–water partition coefficient (Wildman–Crippen LogP) is 3.46. The van der Waals surface area contributed by atoms with Gasteiger partial charge in [-0.05, 0) is 23.8 Å². The van der Waals surface area contributed by atoms with Gasteiger partial charge in [0.2, 0.25) is 0 Å². The molecule has 0 atom stereocenters. The predicted molar refractivity (Wildman–Crippen MR) is 62.9 cm³/mol. The lowest BCUT2D eigenvalue weighted by Crippen LogP contribution is -2.35. The molecule has 1 aromatic rings. The first-order chi connectivity index (χ1) is 10.4. The van der Waals surface area contributed by atoms with Gasteiger partial charge in [-0.2, -0.15) is 26.3 Å². The number of amides is 2. The van der Waals surface area contributed by atoms with Crippen molar-refractivity contribution in [2.75, 3.05) is 4.90 Å². The quantitative estimate of drug-likeness (QED) is 0.610. The Bertz CT molecular complexity index is 659. The molecule has 23 heavy (non-hydrogen) atoms. The monoisotopic (exact) mass is 341 g/mol. The average Bonchev–Trinajstić information content (AvgIpc) is 2.64. The van der Waals surface area contributed by atoms with Crippen molar-refractivity contribution >= 4 is 17.5 Å². The molecule has 0 spiro atoms. The number of anilines is 1. The van der Waals surface area contributed by atoms with E-state index >= 15 is 0 Å². The first-order valence-corrected chi connectivity index (χ1v) is 5.91. The van der Waals surface area contributed by atoms with Crippen molar-refractivity contribution in [1.29, 1.82) is 0 Å². The van der Waals surface area contributed by atoms with Gasteiger partial charge in [-0.15, -0.1) is 0 Å². The molecule has 10 heteroatoms. The van der Waals surface area contributed by atoms with E-state index in [-0.39, 0.29) is 11.0 Å². The number of carbonyl (C=O) groups is 2. The number of alkyl halides is 6. The fraction of sp³-hybridized carbons (Fsp3) is 0.231. The molecule has 0 aromatic heterocycles. The van der Waals surface area contributed by atoms with E-state index in [1.165, 1.54) is 0 Å². The number of rotatable bonds is 2. The molecular weight excluding hydrogens is 335 g/mol. The number of hydrogen-bond acceptors (Lipinski definition) is 2. The lowest BCUT2D eigenvalue weighted by molar-refractivity contribution is -0.253. The van der Waals surface area contributed by atoms with E-state index in [0.717, 1.165) is 12.2 Å². The lowest BCUT2D eigenvalue weighted by Gasteiger charge is -2.24. The molecule has 0 radical (unpaired) electrons. The number of imide groups is 1. The summed E-state index contributed by atoms with van der Waals surface area (Å²) < 4.78 is 89.6. The summed E-state index contributed by atoms with van der Waals surface area (Å²) in [6.45, 7) is 0. The molecule has 1 aliphatic rings. The maximum atomic E-state index is 13.5. The molecule has 1 aromatic carbocycles. The molecule has 0 saturated heterocycles. The minimum absolute atomic E-state index is 0.0631. The van der Waals surface area contributed by atoms with Crippen molar-refractivity contribution < 1.29 is 40.3 Å². The third kappa shape index (κ3) is 3.35. The Labute approximate surface area is 124 Å². The lowest BCUT2D eigenvalue weighted by atomic mass is 9.97. The molecule has 1 aliphatic heterocycles. The Morgan fingerprint density at radius 3 is 1.74 bits per heavy atom. The number of hydrogen-bond donors (Lipinski definition) is 0. The summed E-state index contributed by atoms with van der Waals surface area (Å²) in [5.74, 6) is -7.38. The van der Waals surface area contributed by atoms with Crippen LogP contribution in [0.1, 0.15) is 11.5 Å². The van der Waals surface area contributed by atoms with E-state index < -0.39 is 47.2 Å². The van der Waals surface area contributed by atoms with Gasteiger partial charge in [0.25, 0.3) is 11.8 Å². The average molecular weight is 341 g/mol.